The second kappa shape index (κ2) is 5.65. The number of aromatic nitrogens is 2. The summed E-state index contributed by atoms with van der Waals surface area (Å²) in [6.07, 6.45) is 3.80. The molecule has 0 amide bonds. The summed E-state index contributed by atoms with van der Waals surface area (Å²) in [6.45, 7) is 12.1. The third kappa shape index (κ3) is 3.54. The fourth-order valence-electron chi connectivity index (χ4n) is 1.95. The van der Waals surface area contributed by atoms with Crippen LogP contribution in [0.15, 0.2) is 12.5 Å². The van der Waals surface area contributed by atoms with E-state index in [1.54, 1.807) is 0 Å². The SMILES string of the molecule is CCOC(C(N)c1cn(CC)cn1)C(C)(C)C. The van der Waals surface area contributed by atoms with Gasteiger partial charge in [0.25, 0.3) is 0 Å². The molecule has 0 aliphatic rings. The van der Waals surface area contributed by atoms with Gasteiger partial charge >= 0.3 is 0 Å². The van der Waals surface area contributed by atoms with E-state index in [-0.39, 0.29) is 17.6 Å². The Morgan fingerprint density at radius 2 is 2.06 bits per heavy atom. The molecule has 4 heteroatoms. The zero-order valence-electron chi connectivity index (χ0n) is 11.6. The zero-order chi connectivity index (χ0) is 13.1. The summed E-state index contributed by atoms with van der Waals surface area (Å²) in [5, 5.41) is 0. The largest absolute Gasteiger partial charge is 0.376 e. The lowest BCUT2D eigenvalue weighted by molar-refractivity contribution is -0.0290. The van der Waals surface area contributed by atoms with Crippen molar-refractivity contribution in [1.82, 2.24) is 9.55 Å². The van der Waals surface area contributed by atoms with Crippen molar-refractivity contribution < 1.29 is 4.74 Å². The van der Waals surface area contributed by atoms with Gasteiger partial charge in [0.1, 0.15) is 0 Å². The second-order valence-electron chi connectivity index (χ2n) is 5.40. The Labute approximate surface area is 104 Å². The fraction of sp³-hybridized carbons (Fsp3) is 0.769. The van der Waals surface area contributed by atoms with Crippen molar-refractivity contribution >= 4 is 0 Å². The van der Waals surface area contributed by atoms with Crippen molar-refractivity contribution in [2.45, 2.75) is 53.3 Å². The van der Waals surface area contributed by atoms with Crippen molar-refractivity contribution in [1.29, 1.82) is 0 Å². The summed E-state index contributed by atoms with van der Waals surface area (Å²) in [7, 11) is 0. The number of imidazole rings is 1. The van der Waals surface area contributed by atoms with Gasteiger partial charge in [0.15, 0.2) is 0 Å². The molecule has 0 aliphatic carbocycles. The van der Waals surface area contributed by atoms with E-state index in [2.05, 4.69) is 32.7 Å². The van der Waals surface area contributed by atoms with E-state index in [1.807, 2.05) is 24.0 Å². The van der Waals surface area contributed by atoms with Crippen molar-refractivity contribution in [2.75, 3.05) is 6.61 Å². The maximum atomic E-state index is 6.28. The first-order valence-electron chi connectivity index (χ1n) is 6.29. The summed E-state index contributed by atoms with van der Waals surface area (Å²) < 4.78 is 7.82. The molecule has 2 unspecified atom stereocenters. The van der Waals surface area contributed by atoms with Gasteiger partial charge in [-0.2, -0.15) is 0 Å². The molecule has 2 atom stereocenters. The second-order valence-corrected chi connectivity index (χ2v) is 5.40. The summed E-state index contributed by atoms with van der Waals surface area (Å²) >= 11 is 0. The van der Waals surface area contributed by atoms with E-state index in [4.69, 9.17) is 10.5 Å². The number of ether oxygens (including phenoxy) is 1. The van der Waals surface area contributed by atoms with Crippen molar-refractivity contribution in [3.8, 4) is 0 Å². The lowest BCUT2D eigenvalue weighted by Crippen LogP contribution is -2.39. The van der Waals surface area contributed by atoms with Crippen LogP contribution in [-0.4, -0.2) is 22.3 Å². The van der Waals surface area contributed by atoms with Crippen molar-refractivity contribution in [3.05, 3.63) is 18.2 Å². The first-order valence-corrected chi connectivity index (χ1v) is 6.29. The zero-order valence-corrected chi connectivity index (χ0v) is 11.6. The Hall–Kier alpha value is -0.870. The van der Waals surface area contributed by atoms with Crippen LogP contribution in [0.5, 0.6) is 0 Å². The van der Waals surface area contributed by atoms with E-state index in [0.29, 0.717) is 6.61 Å². The summed E-state index contributed by atoms with van der Waals surface area (Å²) in [5.41, 5.74) is 7.19. The van der Waals surface area contributed by atoms with Crippen LogP contribution in [0.1, 0.15) is 46.4 Å². The van der Waals surface area contributed by atoms with Crippen LogP contribution < -0.4 is 5.73 Å². The van der Waals surface area contributed by atoms with Gasteiger partial charge in [0, 0.05) is 19.3 Å². The van der Waals surface area contributed by atoms with Crippen molar-refractivity contribution in [2.24, 2.45) is 11.1 Å². The Kier molecular flexibility index (Phi) is 4.71. The molecular formula is C13H25N3O. The molecule has 1 aromatic rings. The molecule has 17 heavy (non-hydrogen) atoms. The molecule has 1 heterocycles. The third-order valence-corrected chi connectivity index (χ3v) is 2.89. The monoisotopic (exact) mass is 239 g/mol. The predicted molar refractivity (Wildman–Crippen MR) is 69.7 cm³/mol. The maximum Gasteiger partial charge on any atom is 0.0950 e. The molecule has 0 aromatic carbocycles. The molecule has 4 nitrogen and oxygen atoms in total. The number of aryl methyl sites for hydroxylation is 1. The minimum Gasteiger partial charge on any atom is -0.376 e. The predicted octanol–water partition coefficient (Wildman–Crippen LogP) is 2.35. The van der Waals surface area contributed by atoms with Crippen LogP contribution in [0.2, 0.25) is 0 Å². The first kappa shape index (κ1) is 14.2. The van der Waals surface area contributed by atoms with E-state index < -0.39 is 0 Å². The Morgan fingerprint density at radius 1 is 1.41 bits per heavy atom. The number of nitrogens with zero attached hydrogens (tertiary/aromatic N) is 2. The van der Waals surface area contributed by atoms with E-state index >= 15 is 0 Å². The molecule has 0 saturated heterocycles. The highest BCUT2D eigenvalue weighted by atomic mass is 16.5. The minimum atomic E-state index is -0.178. The Bertz CT molecular complexity index is 341. The van der Waals surface area contributed by atoms with Crippen LogP contribution in [0.3, 0.4) is 0 Å². The van der Waals surface area contributed by atoms with Gasteiger partial charge in [-0.3, -0.25) is 0 Å². The standard InChI is InChI=1S/C13H25N3O/c1-6-16-8-10(15-9-16)11(14)12(17-7-2)13(3,4)5/h8-9,11-12H,6-7,14H2,1-5H3. The van der Waals surface area contributed by atoms with Gasteiger partial charge in [0.05, 0.1) is 24.2 Å². The van der Waals surface area contributed by atoms with Gasteiger partial charge in [-0.1, -0.05) is 20.8 Å². The highest BCUT2D eigenvalue weighted by Crippen LogP contribution is 2.30. The quantitative estimate of drug-likeness (QED) is 0.858. The molecule has 98 valence electrons. The average molecular weight is 239 g/mol. The Morgan fingerprint density at radius 3 is 2.47 bits per heavy atom. The molecule has 0 spiro atoms. The van der Waals surface area contributed by atoms with Gasteiger partial charge in [-0.05, 0) is 19.3 Å². The van der Waals surface area contributed by atoms with Gasteiger partial charge in [0.2, 0.25) is 0 Å². The molecule has 0 saturated carbocycles. The number of nitrogens with two attached hydrogens (primary N) is 1. The molecule has 1 aromatic heterocycles. The normalized spacial score (nSPS) is 15.9. The third-order valence-electron chi connectivity index (χ3n) is 2.89. The fourth-order valence-corrected chi connectivity index (χ4v) is 1.95. The van der Waals surface area contributed by atoms with E-state index in [9.17, 15) is 0 Å². The first-order chi connectivity index (χ1) is 7.90. The van der Waals surface area contributed by atoms with Gasteiger partial charge in [-0.15, -0.1) is 0 Å². The molecule has 0 bridgehead atoms. The topological polar surface area (TPSA) is 53.1 Å². The number of rotatable bonds is 5. The highest BCUT2D eigenvalue weighted by molar-refractivity contribution is 5.07. The summed E-state index contributed by atoms with van der Waals surface area (Å²) in [4.78, 5) is 4.36. The van der Waals surface area contributed by atoms with E-state index in [0.717, 1.165) is 12.2 Å². The maximum absolute atomic E-state index is 6.28. The molecule has 0 fully saturated rings. The van der Waals surface area contributed by atoms with Crippen LogP contribution >= 0.6 is 0 Å². The number of hydrogen-bond acceptors (Lipinski definition) is 3. The molecule has 1 rings (SSSR count). The molecule has 0 radical (unpaired) electrons. The smallest absolute Gasteiger partial charge is 0.0950 e. The minimum absolute atomic E-state index is 0.00538. The van der Waals surface area contributed by atoms with Crippen molar-refractivity contribution in [3.63, 3.8) is 0 Å². The van der Waals surface area contributed by atoms with E-state index in [1.165, 1.54) is 0 Å². The molecular weight excluding hydrogens is 214 g/mol. The van der Waals surface area contributed by atoms with Gasteiger partial charge < -0.3 is 15.0 Å². The Balaban J connectivity index is 2.87. The van der Waals surface area contributed by atoms with Crippen LogP contribution in [0.25, 0.3) is 0 Å². The number of hydrogen-bond donors (Lipinski definition) is 1. The molecule has 2 N–H and O–H groups in total. The van der Waals surface area contributed by atoms with Crippen LogP contribution in [-0.2, 0) is 11.3 Å². The average Bonchev–Trinajstić information content (AvgIpc) is 2.71. The summed E-state index contributed by atoms with van der Waals surface area (Å²) in [5.74, 6) is 0. The lowest BCUT2D eigenvalue weighted by atomic mass is 9.84. The van der Waals surface area contributed by atoms with Crippen LogP contribution in [0, 0.1) is 5.41 Å². The summed E-state index contributed by atoms with van der Waals surface area (Å²) in [6, 6.07) is -0.178. The van der Waals surface area contributed by atoms with Crippen LogP contribution in [0.4, 0.5) is 0 Å². The molecule has 0 aliphatic heterocycles. The van der Waals surface area contributed by atoms with Gasteiger partial charge in [-0.25, -0.2) is 4.98 Å². The highest BCUT2D eigenvalue weighted by Gasteiger charge is 2.32. The lowest BCUT2D eigenvalue weighted by Gasteiger charge is -2.34.